The largest absolute Gasteiger partial charge is 0.493 e. The summed E-state index contributed by atoms with van der Waals surface area (Å²) in [5.74, 6) is 1.82. The highest BCUT2D eigenvalue weighted by Crippen LogP contribution is 2.65. The van der Waals surface area contributed by atoms with Crippen LogP contribution in [-0.4, -0.2) is 67.1 Å². The quantitative estimate of drug-likeness (QED) is 0.252. The number of rotatable bonds is 7. The van der Waals surface area contributed by atoms with E-state index in [-0.39, 0.29) is 41.9 Å². The number of methoxy groups -OCH3 is 1. The van der Waals surface area contributed by atoms with E-state index in [4.69, 9.17) is 37.4 Å². The summed E-state index contributed by atoms with van der Waals surface area (Å²) in [4.78, 5) is 30.1. The van der Waals surface area contributed by atoms with E-state index < -0.39 is 0 Å². The van der Waals surface area contributed by atoms with Crippen LogP contribution in [-0.2, 0) is 27.8 Å². The number of piperidine rings is 1. The van der Waals surface area contributed by atoms with Gasteiger partial charge in [-0.1, -0.05) is 35.3 Å². The number of carbonyl (C=O) groups is 2. The summed E-state index contributed by atoms with van der Waals surface area (Å²) in [6.45, 7) is 7.13. The van der Waals surface area contributed by atoms with Crippen LogP contribution in [0.5, 0.6) is 17.2 Å². The summed E-state index contributed by atoms with van der Waals surface area (Å²) < 4.78 is 18.4. The van der Waals surface area contributed by atoms with Gasteiger partial charge in [-0.25, -0.2) is 0 Å². The van der Waals surface area contributed by atoms with E-state index in [0.717, 1.165) is 61.2 Å². The molecule has 2 fully saturated rings. The summed E-state index contributed by atoms with van der Waals surface area (Å²) in [6.07, 6.45) is 5.39. The van der Waals surface area contributed by atoms with Crippen LogP contribution in [0.2, 0.25) is 10.0 Å². The molecular weight excluding hydrogens is 551 g/mol. The lowest BCUT2D eigenvalue weighted by Crippen LogP contribution is -2.69. The molecule has 4 aliphatic rings. The van der Waals surface area contributed by atoms with Crippen molar-refractivity contribution in [3.63, 3.8) is 0 Å². The first kappa shape index (κ1) is 27.4. The number of hydrogen-bond acceptors (Lipinski definition) is 6. The van der Waals surface area contributed by atoms with Crippen LogP contribution >= 0.6 is 23.2 Å². The summed E-state index contributed by atoms with van der Waals surface area (Å²) >= 11 is 12.3. The Kier molecular flexibility index (Phi) is 7.04. The maximum Gasteiger partial charge on any atom is 0.308 e. The minimum Gasteiger partial charge on any atom is -0.493 e. The Hall–Kier alpha value is -2.74. The fourth-order valence-corrected chi connectivity index (χ4v) is 8.28. The molecule has 0 radical (unpaired) electrons. The molecule has 2 bridgehead atoms. The van der Waals surface area contributed by atoms with Gasteiger partial charge in [0, 0.05) is 49.2 Å². The fraction of sp³-hybridized carbons (Fsp3) is 0.484. The van der Waals surface area contributed by atoms with Crippen LogP contribution in [0.25, 0.3) is 0 Å². The number of benzene rings is 2. The Bertz CT molecular complexity index is 1400. The zero-order chi connectivity index (χ0) is 28.3. The van der Waals surface area contributed by atoms with E-state index in [1.54, 1.807) is 25.3 Å². The lowest BCUT2D eigenvalue weighted by Gasteiger charge is -2.60. The van der Waals surface area contributed by atoms with Crippen LogP contribution in [0.15, 0.2) is 36.9 Å². The monoisotopic (exact) mass is 584 g/mol. The minimum atomic E-state index is -0.365. The lowest BCUT2D eigenvalue weighted by molar-refractivity contribution is -0.139. The first-order chi connectivity index (χ1) is 19.2. The summed E-state index contributed by atoms with van der Waals surface area (Å²) in [5.41, 5.74) is 2.64. The number of likely N-dealkylation sites (N-methyl/N-ethyl adjacent to an activating group) is 1. The molecule has 2 aliphatic carbocycles. The second kappa shape index (κ2) is 10.3. The third-order valence-electron chi connectivity index (χ3n) is 9.54. The first-order valence-corrected chi connectivity index (χ1v) is 14.6. The second-order valence-corrected chi connectivity index (χ2v) is 12.2. The molecule has 2 aromatic rings. The van der Waals surface area contributed by atoms with Gasteiger partial charge in [0.2, 0.25) is 5.91 Å². The third-order valence-corrected chi connectivity index (χ3v) is 10.3. The molecule has 40 heavy (non-hydrogen) atoms. The van der Waals surface area contributed by atoms with Gasteiger partial charge in [0.1, 0.15) is 11.9 Å². The average molecular weight is 586 g/mol. The summed E-state index contributed by atoms with van der Waals surface area (Å²) in [5, 5.41) is 0.902. The Morgan fingerprint density at radius 3 is 2.73 bits per heavy atom. The predicted molar refractivity (Wildman–Crippen MR) is 154 cm³/mol. The molecule has 1 saturated carbocycles. The van der Waals surface area contributed by atoms with Crippen molar-refractivity contribution in [3.05, 3.63) is 63.7 Å². The number of likely N-dealkylation sites (tertiary alicyclic amines) is 1. The van der Waals surface area contributed by atoms with Gasteiger partial charge in [-0.15, -0.1) is 6.58 Å². The second-order valence-electron chi connectivity index (χ2n) is 11.4. The SMILES string of the molecule is C=CCN1CC[C@]23c4c5c(OC(C)=O)cc(OC)c4O[C@H]2[C@@H](N(C)C(=O)Cc2ccc(Cl)c(Cl)c2)CC[C@H]3[C@H]1C5. The Balaban J connectivity index is 1.41. The summed E-state index contributed by atoms with van der Waals surface area (Å²) in [6, 6.07) is 7.23. The highest BCUT2D eigenvalue weighted by Gasteiger charge is 2.67. The van der Waals surface area contributed by atoms with Crippen molar-refractivity contribution >= 4 is 35.1 Å². The molecule has 9 heteroatoms. The number of hydrogen-bond donors (Lipinski definition) is 0. The molecule has 7 nitrogen and oxygen atoms in total. The first-order valence-electron chi connectivity index (χ1n) is 13.8. The average Bonchev–Trinajstić information content (AvgIpc) is 3.26. The molecule has 212 valence electrons. The number of halogens is 2. The van der Waals surface area contributed by atoms with Gasteiger partial charge in [-0.3, -0.25) is 14.5 Å². The smallest absolute Gasteiger partial charge is 0.308 e. The van der Waals surface area contributed by atoms with Crippen LogP contribution in [0.4, 0.5) is 0 Å². The summed E-state index contributed by atoms with van der Waals surface area (Å²) in [7, 11) is 3.49. The molecule has 0 unspecified atom stereocenters. The maximum atomic E-state index is 13.6. The molecular formula is C31H34Cl2N2O5. The molecule has 6 rings (SSSR count). The molecule has 2 aliphatic heterocycles. The van der Waals surface area contributed by atoms with Crippen molar-refractivity contribution in [2.24, 2.45) is 5.92 Å². The Morgan fingerprint density at radius 1 is 1.23 bits per heavy atom. The van der Waals surface area contributed by atoms with E-state index in [9.17, 15) is 9.59 Å². The van der Waals surface area contributed by atoms with Crippen molar-refractivity contribution in [1.82, 2.24) is 9.80 Å². The van der Waals surface area contributed by atoms with Crippen molar-refractivity contribution < 1.29 is 23.8 Å². The molecule has 2 aromatic carbocycles. The van der Waals surface area contributed by atoms with E-state index in [1.807, 2.05) is 24.1 Å². The molecule has 2 heterocycles. The van der Waals surface area contributed by atoms with Crippen molar-refractivity contribution in [2.45, 2.75) is 62.6 Å². The topological polar surface area (TPSA) is 68.3 Å². The van der Waals surface area contributed by atoms with E-state index in [2.05, 4.69) is 11.5 Å². The van der Waals surface area contributed by atoms with Crippen LogP contribution < -0.4 is 14.2 Å². The van der Waals surface area contributed by atoms with E-state index >= 15 is 0 Å². The standard InChI is InChI=1S/C31H34Cl2N2O5/c1-5-11-35-12-10-31-20-7-9-23(34(3)27(37)14-18-6-8-21(32)22(33)13-18)30(31)40-29-26(38-4)16-25(39-17(2)36)19(28(29)31)15-24(20)35/h5-6,8,13,16,20,23-24,30H,1,7,9-12,14-15H2,2-4H3/t20-,23-,24+,30-,31-/m0/s1. The molecule has 0 N–H and O–H groups in total. The zero-order valence-corrected chi connectivity index (χ0v) is 24.6. The van der Waals surface area contributed by atoms with Gasteiger partial charge in [0.05, 0.1) is 29.6 Å². The van der Waals surface area contributed by atoms with Gasteiger partial charge in [-0.05, 0) is 55.8 Å². The van der Waals surface area contributed by atoms with Crippen LogP contribution in [0.3, 0.4) is 0 Å². The molecule has 1 amide bonds. The number of amides is 1. The molecule has 1 saturated heterocycles. The van der Waals surface area contributed by atoms with Crippen molar-refractivity contribution in [3.8, 4) is 17.2 Å². The van der Waals surface area contributed by atoms with Crippen LogP contribution in [0, 0.1) is 5.92 Å². The van der Waals surface area contributed by atoms with Gasteiger partial charge in [-0.2, -0.15) is 0 Å². The lowest BCUT2D eigenvalue weighted by atomic mass is 9.50. The zero-order valence-electron chi connectivity index (χ0n) is 23.0. The highest BCUT2D eigenvalue weighted by molar-refractivity contribution is 6.42. The van der Waals surface area contributed by atoms with Gasteiger partial charge >= 0.3 is 5.97 Å². The Labute approximate surface area is 244 Å². The minimum absolute atomic E-state index is 0.00189. The third kappa shape index (κ3) is 4.12. The fourth-order valence-electron chi connectivity index (χ4n) is 7.96. The highest BCUT2D eigenvalue weighted by atomic mass is 35.5. The molecule has 5 atom stereocenters. The van der Waals surface area contributed by atoms with Crippen molar-refractivity contribution in [2.75, 3.05) is 27.2 Å². The van der Waals surface area contributed by atoms with Gasteiger partial charge in [0.25, 0.3) is 0 Å². The van der Waals surface area contributed by atoms with E-state index in [1.165, 1.54) is 6.92 Å². The number of carbonyl (C=O) groups excluding carboxylic acids is 2. The number of nitrogens with zero attached hydrogens (tertiary/aromatic N) is 2. The normalized spacial score (nSPS) is 27.8. The van der Waals surface area contributed by atoms with Gasteiger partial charge < -0.3 is 19.1 Å². The predicted octanol–water partition coefficient (Wildman–Crippen LogP) is 5.22. The van der Waals surface area contributed by atoms with Gasteiger partial charge in [0.15, 0.2) is 11.5 Å². The molecule has 1 spiro atoms. The maximum absolute atomic E-state index is 13.6. The van der Waals surface area contributed by atoms with Crippen molar-refractivity contribution in [1.29, 1.82) is 0 Å². The van der Waals surface area contributed by atoms with Crippen LogP contribution in [0.1, 0.15) is 42.9 Å². The Morgan fingerprint density at radius 2 is 2.02 bits per heavy atom. The number of esters is 1. The number of ether oxygens (including phenoxy) is 3. The molecule has 0 aromatic heterocycles. The van der Waals surface area contributed by atoms with E-state index in [0.29, 0.717) is 27.5 Å².